The third-order valence-corrected chi connectivity index (χ3v) is 9.25. The first-order valence-corrected chi connectivity index (χ1v) is 17.7. The van der Waals surface area contributed by atoms with Gasteiger partial charge in [0.25, 0.3) is 0 Å². The smallest absolute Gasteiger partial charge is 0.350 e. The third-order valence-electron chi connectivity index (χ3n) is 9.06. The number of rotatable bonds is 8. The summed E-state index contributed by atoms with van der Waals surface area (Å²) >= 11 is 5.92. The van der Waals surface area contributed by atoms with E-state index in [-0.39, 0.29) is 16.5 Å². The van der Waals surface area contributed by atoms with E-state index in [9.17, 15) is 9.59 Å². The molecule has 11 nitrogen and oxygen atoms in total. The van der Waals surface area contributed by atoms with Gasteiger partial charge in [-0.2, -0.15) is 9.97 Å². The van der Waals surface area contributed by atoms with E-state index in [1.54, 1.807) is 29.4 Å². The molecule has 0 saturated carbocycles. The van der Waals surface area contributed by atoms with Gasteiger partial charge in [0.15, 0.2) is 23.0 Å². The number of methoxy groups -OCH3 is 2. The largest absolute Gasteiger partial charge is 0.693 e. The Morgan fingerprint density at radius 3 is 1.66 bits per heavy atom. The van der Waals surface area contributed by atoms with Crippen molar-refractivity contribution >= 4 is 38.6 Å². The fourth-order valence-electron chi connectivity index (χ4n) is 6.85. The fraction of sp³-hybridized carbons (Fsp3) is 0.333. The number of nitrogens with zero attached hydrogens (tertiary/aromatic N) is 4. The Hall–Kier alpha value is -5.16. The summed E-state index contributed by atoms with van der Waals surface area (Å²) < 4.78 is 25.6. The van der Waals surface area contributed by atoms with E-state index >= 15 is 0 Å². The minimum absolute atomic E-state index is 0.201. The molecule has 0 fully saturated rings. The summed E-state index contributed by atoms with van der Waals surface area (Å²) in [7, 11) is 11.2. The number of hydrogen-bond acceptors (Lipinski definition) is 9. The Labute approximate surface area is 317 Å². The van der Waals surface area contributed by atoms with Crippen LogP contribution in [0.3, 0.4) is 0 Å². The van der Waals surface area contributed by atoms with Crippen LogP contribution in [0.15, 0.2) is 58.1 Å². The van der Waals surface area contributed by atoms with Crippen molar-refractivity contribution in [2.75, 3.05) is 32.8 Å². The van der Waals surface area contributed by atoms with Gasteiger partial charge in [0, 0.05) is 42.0 Å². The summed E-state index contributed by atoms with van der Waals surface area (Å²) in [5.41, 5.74) is 9.62. The van der Waals surface area contributed by atoms with E-state index in [1.807, 2.05) is 44.2 Å². The Morgan fingerprint density at radius 2 is 1.19 bits per heavy atom. The molecule has 0 aliphatic carbocycles. The predicted octanol–water partition coefficient (Wildman–Crippen LogP) is 6.31. The van der Waals surface area contributed by atoms with Crippen LogP contribution in [0.1, 0.15) is 41.7 Å². The number of benzene rings is 3. The maximum atomic E-state index is 12.8. The highest BCUT2D eigenvalue weighted by Crippen LogP contribution is 2.40. The molecule has 5 radical (unpaired) electrons. The summed E-state index contributed by atoms with van der Waals surface area (Å²) in [5.74, 6) is 3.29. The van der Waals surface area contributed by atoms with Crippen LogP contribution in [0.4, 0.5) is 11.5 Å². The molecule has 2 aromatic heterocycles. The normalized spacial score (nSPS) is 11.9. The highest BCUT2D eigenvalue weighted by atomic mass is 35.5. The minimum Gasteiger partial charge on any atom is -0.693 e. The Kier molecular flexibility index (Phi) is 12.6. The van der Waals surface area contributed by atoms with E-state index in [2.05, 4.69) is 63.7 Å². The molecular formula is C39H42B2ClN5O6-. The van der Waals surface area contributed by atoms with E-state index in [4.69, 9.17) is 30.5 Å². The maximum Gasteiger partial charge on any atom is 0.350 e. The van der Waals surface area contributed by atoms with E-state index in [1.165, 1.54) is 5.56 Å². The zero-order valence-corrected chi connectivity index (χ0v) is 31.9. The van der Waals surface area contributed by atoms with Gasteiger partial charge < -0.3 is 39.7 Å². The van der Waals surface area contributed by atoms with E-state index in [0.717, 1.165) is 74.8 Å². The van der Waals surface area contributed by atoms with Gasteiger partial charge in [0.2, 0.25) is 0 Å². The zero-order valence-electron chi connectivity index (χ0n) is 31.1. The van der Waals surface area contributed by atoms with Crippen LogP contribution in [0, 0.1) is 20.8 Å². The lowest BCUT2D eigenvalue weighted by molar-refractivity contribution is 0.310. The number of anilines is 2. The van der Waals surface area contributed by atoms with Gasteiger partial charge in [-0.3, -0.25) is 9.13 Å². The van der Waals surface area contributed by atoms with Gasteiger partial charge in [-0.25, -0.2) is 9.59 Å². The number of fused-ring (bicyclic) bond motifs is 6. The van der Waals surface area contributed by atoms with Crippen LogP contribution in [-0.2, 0) is 25.9 Å². The van der Waals surface area contributed by atoms with Crippen molar-refractivity contribution in [2.24, 2.45) is 0 Å². The number of halogens is 1. The van der Waals surface area contributed by atoms with Gasteiger partial charge in [0.05, 0.1) is 38.8 Å². The van der Waals surface area contributed by atoms with Crippen molar-refractivity contribution in [3.05, 3.63) is 102 Å². The van der Waals surface area contributed by atoms with Gasteiger partial charge >= 0.3 is 11.4 Å². The molecule has 3 aromatic carbocycles. The number of ether oxygens (including phenoxy) is 4. The Bertz CT molecular complexity index is 2240. The lowest BCUT2D eigenvalue weighted by atomic mass is 9.81. The molecule has 0 spiro atoms. The zero-order chi connectivity index (χ0) is 38.4. The second-order valence-corrected chi connectivity index (χ2v) is 12.8. The first-order chi connectivity index (χ1) is 25.5. The molecule has 0 bridgehead atoms. The molecule has 14 heteroatoms. The molecule has 0 atom stereocenters. The number of aromatic nitrogens is 4. The van der Waals surface area contributed by atoms with E-state index in [0.29, 0.717) is 43.6 Å². The standard InChI is InChI=1S/C24H27N3O3.C15H15ClN2O3.B2/c1-6-30-21-11-17-7-8-27-19(18(17)12-20(21)29-5)13-22(26-24(27)28)25-23-15(3)9-14(2)10-16(23)4;1-3-21-13-6-9-4-5-18-11(8-14(16)17-15(18)19)10(9)7-12(13)20-2;1-2/h9-13H,6-8H2,1-5H3,(H,25,26,28);6-8H,3-5H2,1-2H3;/q;;-1. The van der Waals surface area contributed by atoms with Crippen molar-refractivity contribution in [3.63, 3.8) is 0 Å². The topological polar surface area (TPSA) is 119 Å². The Morgan fingerprint density at radius 1 is 0.717 bits per heavy atom. The highest BCUT2D eigenvalue weighted by Gasteiger charge is 2.23. The SMILES string of the molecule is CCOc1cc2c(cc1OC)-c1cc(Cl)nc(=O)n1CC2.CCOc1cc2c(cc1OC)-c1cc(Nc3c(C)cc(C)cc3C)nc(=O)n1CC2.[B][B-]. The van der Waals surface area contributed by atoms with Gasteiger partial charge in [-0.05, 0) is 94.0 Å². The Balaban J connectivity index is 0.000000206. The van der Waals surface area contributed by atoms with Crippen LogP contribution < -0.4 is 35.6 Å². The van der Waals surface area contributed by atoms with Gasteiger partial charge in [-0.1, -0.05) is 29.3 Å². The lowest BCUT2D eigenvalue weighted by Crippen LogP contribution is -2.28. The van der Waals surface area contributed by atoms with Crippen LogP contribution in [0.2, 0.25) is 5.15 Å². The monoisotopic (exact) mass is 733 g/mol. The molecule has 1 N–H and O–H groups in total. The first kappa shape index (κ1) is 39.1. The van der Waals surface area contributed by atoms with Crippen molar-refractivity contribution in [2.45, 2.75) is 60.5 Å². The summed E-state index contributed by atoms with van der Waals surface area (Å²) in [5, 5.41) is 3.57. The lowest BCUT2D eigenvalue weighted by Gasteiger charge is -2.24. The highest BCUT2D eigenvalue weighted by molar-refractivity contribution is 6.75. The minimum atomic E-state index is -0.323. The van der Waals surface area contributed by atoms with Crippen LogP contribution in [0.5, 0.6) is 23.0 Å². The molecule has 0 unspecified atom stereocenters. The quantitative estimate of drug-likeness (QED) is 0.145. The van der Waals surface area contributed by atoms with Crippen molar-refractivity contribution in [1.82, 2.24) is 19.1 Å². The molecule has 53 heavy (non-hydrogen) atoms. The molecule has 2 aliphatic rings. The summed E-state index contributed by atoms with van der Waals surface area (Å²) in [6.07, 6.45) is 1.49. The summed E-state index contributed by atoms with van der Waals surface area (Å²) in [6, 6.07) is 15.7. The average Bonchev–Trinajstić information content (AvgIpc) is 3.13. The average molecular weight is 734 g/mol. The van der Waals surface area contributed by atoms with E-state index < -0.39 is 0 Å². The summed E-state index contributed by atoms with van der Waals surface area (Å²) in [4.78, 5) is 32.8. The van der Waals surface area contributed by atoms with Crippen LogP contribution >= 0.6 is 11.6 Å². The number of aryl methyl sites for hydroxylation is 5. The molecule has 5 aromatic rings. The molecule has 0 amide bonds. The molecule has 2 aliphatic heterocycles. The second-order valence-electron chi connectivity index (χ2n) is 12.4. The van der Waals surface area contributed by atoms with Crippen molar-refractivity contribution in [3.8, 4) is 45.5 Å². The maximum absolute atomic E-state index is 12.8. The summed E-state index contributed by atoms with van der Waals surface area (Å²) in [6.45, 7) is 12.4. The third kappa shape index (κ3) is 8.25. The van der Waals surface area contributed by atoms with Crippen molar-refractivity contribution < 1.29 is 18.9 Å². The number of nitrogens with one attached hydrogen (secondary N) is 1. The first-order valence-electron chi connectivity index (χ1n) is 17.3. The molecule has 273 valence electrons. The molecular weight excluding hydrogens is 692 g/mol. The fourth-order valence-corrected chi connectivity index (χ4v) is 7.02. The molecule has 7 rings (SSSR count). The van der Waals surface area contributed by atoms with Gasteiger partial charge in [-0.15, -0.1) is 0 Å². The number of hydrogen-bond donors (Lipinski definition) is 1. The van der Waals surface area contributed by atoms with Gasteiger partial charge in [0.1, 0.15) is 11.0 Å². The molecule has 0 saturated heterocycles. The van der Waals surface area contributed by atoms with Crippen LogP contribution in [-0.4, -0.2) is 62.0 Å². The predicted molar refractivity (Wildman–Crippen MR) is 211 cm³/mol. The molecule has 4 heterocycles. The van der Waals surface area contributed by atoms with Crippen LogP contribution in [0.25, 0.3) is 22.5 Å². The second kappa shape index (κ2) is 17.1. The van der Waals surface area contributed by atoms with Crippen molar-refractivity contribution in [1.29, 1.82) is 0 Å².